The summed E-state index contributed by atoms with van der Waals surface area (Å²) in [6.07, 6.45) is 1.60. The SMILES string of the molecule is Cc1cc(C(=O)NCCOCc2ccccc2)cnc1C. The second kappa shape index (κ2) is 7.55. The van der Waals surface area contributed by atoms with Crippen LogP contribution in [0.5, 0.6) is 0 Å². The second-order valence-electron chi connectivity index (χ2n) is 4.92. The van der Waals surface area contributed by atoms with Gasteiger partial charge in [-0.05, 0) is 31.0 Å². The van der Waals surface area contributed by atoms with Gasteiger partial charge in [-0.1, -0.05) is 30.3 Å². The number of aryl methyl sites for hydroxylation is 2. The molecule has 4 heteroatoms. The van der Waals surface area contributed by atoms with Crippen LogP contribution in [0, 0.1) is 13.8 Å². The van der Waals surface area contributed by atoms with Crippen LogP contribution in [-0.4, -0.2) is 24.0 Å². The Morgan fingerprint density at radius 2 is 2.00 bits per heavy atom. The number of aromatic nitrogens is 1. The molecule has 0 saturated carbocycles. The van der Waals surface area contributed by atoms with Gasteiger partial charge in [0, 0.05) is 18.4 Å². The number of hydrogen-bond acceptors (Lipinski definition) is 3. The zero-order chi connectivity index (χ0) is 15.1. The molecule has 0 spiro atoms. The highest BCUT2D eigenvalue weighted by atomic mass is 16.5. The maximum Gasteiger partial charge on any atom is 0.252 e. The van der Waals surface area contributed by atoms with Crippen molar-refractivity contribution in [3.05, 3.63) is 65.0 Å². The topological polar surface area (TPSA) is 51.2 Å². The summed E-state index contributed by atoms with van der Waals surface area (Å²) < 4.78 is 5.52. The molecule has 0 radical (unpaired) electrons. The van der Waals surface area contributed by atoms with Crippen LogP contribution in [0.15, 0.2) is 42.6 Å². The van der Waals surface area contributed by atoms with Crippen LogP contribution in [0.25, 0.3) is 0 Å². The minimum Gasteiger partial charge on any atom is -0.375 e. The van der Waals surface area contributed by atoms with Crippen molar-refractivity contribution in [2.45, 2.75) is 20.5 Å². The lowest BCUT2D eigenvalue weighted by atomic mass is 10.1. The smallest absolute Gasteiger partial charge is 0.252 e. The molecule has 1 heterocycles. The van der Waals surface area contributed by atoms with Crippen LogP contribution in [0.3, 0.4) is 0 Å². The largest absolute Gasteiger partial charge is 0.375 e. The van der Waals surface area contributed by atoms with Crippen molar-refractivity contribution in [2.75, 3.05) is 13.2 Å². The molecular weight excluding hydrogens is 264 g/mol. The molecule has 1 N–H and O–H groups in total. The zero-order valence-electron chi connectivity index (χ0n) is 12.4. The van der Waals surface area contributed by atoms with Crippen LogP contribution in [0.4, 0.5) is 0 Å². The Labute approximate surface area is 125 Å². The Balaban J connectivity index is 1.71. The number of hydrogen-bond donors (Lipinski definition) is 1. The predicted octanol–water partition coefficient (Wildman–Crippen LogP) is 2.65. The van der Waals surface area contributed by atoms with Gasteiger partial charge in [0.05, 0.1) is 18.8 Å². The molecule has 110 valence electrons. The van der Waals surface area contributed by atoms with Crippen molar-refractivity contribution in [1.82, 2.24) is 10.3 Å². The van der Waals surface area contributed by atoms with E-state index < -0.39 is 0 Å². The molecule has 1 aromatic carbocycles. The lowest BCUT2D eigenvalue weighted by Crippen LogP contribution is -2.27. The number of nitrogens with one attached hydrogen (secondary N) is 1. The Kier molecular flexibility index (Phi) is 5.46. The average molecular weight is 284 g/mol. The summed E-state index contributed by atoms with van der Waals surface area (Å²) >= 11 is 0. The van der Waals surface area contributed by atoms with E-state index >= 15 is 0 Å². The third-order valence-electron chi connectivity index (χ3n) is 3.25. The van der Waals surface area contributed by atoms with Crippen LogP contribution < -0.4 is 5.32 Å². The number of rotatable bonds is 6. The standard InChI is InChI=1S/C17H20N2O2/c1-13-10-16(11-19-14(13)2)17(20)18-8-9-21-12-15-6-4-3-5-7-15/h3-7,10-11H,8-9,12H2,1-2H3,(H,18,20). The van der Waals surface area contributed by atoms with Gasteiger partial charge >= 0.3 is 0 Å². The van der Waals surface area contributed by atoms with Crippen molar-refractivity contribution >= 4 is 5.91 Å². The average Bonchev–Trinajstić information content (AvgIpc) is 2.50. The van der Waals surface area contributed by atoms with E-state index in [1.165, 1.54) is 0 Å². The number of benzene rings is 1. The van der Waals surface area contributed by atoms with Gasteiger partial charge in [-0.15, -0.1) is 0 Å². The Hall–Kier alpha value is -2.20. The van der Waals surface area contributed by atoms with Crippen molar-refractivity contribution < 1.29 is 9.53 Å². The highest BCUT2D eigenvalue weighted by Crippen LogP contribution is 2.06. The fourth-order valence-electron chi connectivity index (χ4n) is 1.87. The summed E-state index contributed by atoms with van der Waals surface area (Å²) in [7, 11) is 0. The molecule has 0 aliphatic carbocycles. The fraction of sp³-hybridized carbons (Fsp3) is 0.294. The molecule has 0 aliphatic rings. The van der Waals surface area contributed by atoms with Crippen molar-refractivity contribution in [1.29, 1.82) is 0 Å². The normalized spacial score (nSPS) is 10.4. The number of amides is 1. The van der Waals surface area contributed by atoms with Crippen molar-refractivity contribution in [2.24, 2.45) is 0 Å². The van der Waals surface area contributed by atoms with Gasteiger partial charge in [-0.2, -0.15) is 0 Å². The van der Waals surface area contributed by atoms with Gasteiger partial charge in [0.1, 0.15) is 0 Å². The molecule has 21 heavy (non-hydrogen) atoms. The minimum absolute atomic E-state index is 0.117. The van der Waals surface area contributed by atoms with E-state index in [4.69, 9.17) is 4.74 Å². The van der Waals surface area contributed by atoms with Crippen LogP contribution >= 0.6 is 0 Å². The third kappa shape index (κ3) is 4.68. The molecule has 1 aromatic heterocycles. The molecule has 1 amide bonds. The Morgan fingerprint density at radius 1 is 1.24 bits per heavy atom. The van der Waals surface area contributed by atoms with Crippen molar-refractivity contribution in [3.63, 3.8) is 0 Å². The van der Waals surface area contributed by atoms with Crippen LogP contribution in [0.2, 0.25) is 0 Å². The van der Waals surface area contributed by atoms with E-state index in [0.717, 1.165) is 16.8 Å². The number of pyridine rings is 1. The first kappa shape index (κ1) is 15.2. The maximum atomic E-state index is 11.9. The summed E-state index contributed by atoms with van der Waals surface area (Å²) in [6.45, 7) is 5.40. The highest BCUT2D eigenvalue weighted by molar-refractivity contribution is 5.94. The quantitative estimate of drug-likeness (QED) is 0.830. The number of nitrogens with zero attached hydrogens (tertiary/aromatic N) is 1. The summed E-state index contributed by atoms with van der Waals surface area (Å²) in [4.78, 5) is 16.1. The third-order valence-corrected chi connectivity index (χ3v) is 3.25. The van der Waals surface area contributed by atoms with E-state index in [0.29, 0.717) is 25.3 Å². The Morgan fingerprint density at radius 3 is 2.71 bits per heavy atom. The molecule has 0 unspecified atom stereocenters. The summed E-state index contributed by atoms with van der Waals surface area (Å²) in [5.74, 6) is -0.117. The number of ether oxygens (including phenoxy) is 1. The van der Waals surface area contributed by atoms with E-state index in [2.05, 4.69) is 10.3 Å². The first-order valence-electron chi connectivity index (χ1n) is 7.00. The highest BCUT2D eigenvalue weighted by Gasteiger charge is 2.06. The van der Waals surface area contributed by atoms with E-state index in [-0.39, 0.29) is 5.91 Å². The van der Waals surface area contributed by atoms with E-state index in [1.807, 2.05) is 50.2 Å². The Bertz CT molecular complexity index is 597. The van der Waals surface area contributed by atoms with Crippen LogP contribution in [-0.2, 0) is 11.3 Å². The molecule has 0 saturated heterocycles. The van der Waals surface area contributed by atoms with Crippen molar-refractivity contribution in [3.8, 4) is 0 Å². The minimum atomic E-state index is -0.117. The molecule has 2 rings (SSSR count). The first-order chi connectivity index (χ1) is 10.2. The monoisotopic (exact) mass is 284 g/mol. The van der Waals surface area contributed by atoms with Gasteiger partial charge in [0.25, 0.3) is 5.91 Å². The molecule has 0 aliphatic heterocycles. The predicted molar refractivity (Wildman–Crippen MR) is 82.1 cm³/mol. The van der Waals surface area contributed by atoms with Gasteiger partial charge in [0.2, 0.25) is 0 Å². The van der Waals surface area contributed by atoms with Gasteiger partial charge in [-0.25, -0.2) is 0 Å². The number of carbonyl (C=O) groups excluding carboxylic acids is 1. The van der Waals surface area contributed by atoms with Gasteiger partial charge in [0.15, 0.2) is 0 Å². The first-order valence-corrected chi connectivity index (χ1v) is 7.00. The summed E-state index contributed by atoms with van der Waals surface area (Å²) in [5.41, 5.74) is 3.67. The zero-order valence-corrected chi connectivity index (χ0v) is 12.4. The fourth-order valence-corrected chi connectivity index (χ4v) is 1.87. The van der Waals surface area contributed by atoms with Gasteiger partial charge in [-0.3, -0.25) is 9.78 Å². The van der Waals surface area contributed by atoms with Crippen LogP contribution in [0.1, 0.15) is 27.2 Å². The summed E-state index contributed by atoms with van der Waals surface area (Å²) in [5, 5.41) is 2.83. The molecule has 4 nitrogen and oxygen atoms in total. The molecule has 2 aromatic rings. The molecule has 0 bridgehead atoms. The van der Waals surface area contributed by atoms with E-state index in [9.17, 15) is 4.79 Å². The lowest BCUT2D eigenvalue weighted by Gasteiger charge is -2.07. The summed E-state index contributed by atoms with van der Waals surface area (Å²) in [6, 6.07) is 11.8. The molecule has 0 fully saturated rings. The maximum absolute atomic E-state index is 11.9. The van der Waals surface area contributed by atoms with Gasteiger partial charge < -0.3 is 10.1 Å². The van der Waals surface area contributed by atoms with E-state index in [1.54, 1.807) is 6.20 Å². The lowest BCUT2D eigenvalue weighted by molar-refractivity contribution is 0.0900. The molecule has 0 atom stereocenters. The second-order valence-corrected chi connectivity index (χ2v) is 4.92. The molecular formula is C17H20N2O2. The number of carbonyl (C=O) groups is 1.